The van der Waals surface area contributed by atoms with Gasteiger partial charge in [0.05, 0.1) is 22.7 Å². The molecule has 0 unspecified atom stereocenters. The number of nitriles is 1. The van der Waals surface area contributed by atoms with Crippen LogP contribution in [0.3, 0.4) is 0 Å². The van der Waals surface area contributed by atoms with Gasteiger partial charge >= 0.3 is 0 Å². The van der Waals surface area contributed by atoms with Crippen molar-refractivity contribution in [2.75, 3.05) is 13.1 Å². The Morgan fingerprint density at radius 3 is 2.82 bits per heavy atom. The molecular formula is C16H17ClN4O. The van der Waals surface area contributed by atoms with E-state index in [2.05, 4.69) is 11.2 Å². The SMILES string of the molecule is CCN(C[C@@H](C)C#N)C(=O)c1ccn(-c2ccccc2Cl)n1. The Morgan fingerprint density at radius 2 is 2.18 bits per heavy atom. The van der Waals surface area contributed by atoms with Gasteiger partial charge in [-0.3, -0.25) is 4.79 Å². The lowest BCUT2D eigenvalue weighted by Crippen LogP contribution is -2.34. The molecule has 1 aromatic heterocycles. The monoisotopic (exact) mass is 316 g/mol. The van der Waals surface area contributed by atoms with Crippen molar-refractivity contribution in [3.8, 4) is 11.8 Å². The van der Waals surface area contributed by atoms with Gasteiger partial charge in [0.25, 0.3) is 5.91 Å². The molecule has 0 bridgehead atoms. The van der Waals surface area contributed by atoms with Crippen LogP contribution in [-0.4, -0.2) is 33.7 Å². The van der Waals surface area contributed by atoms with Crippen molar-refractivity contribution in [3.63, 3.8) is 0 Å². The Kier molecular flexibility index (Phi) is 5.18. The summed E-state index contributed by atoms with van der Waals surface area (Å²) in [6.45, 7) is 4.60. The molecular weight excluding hydrogens is 300 g/mol. The summed E-state index contributed by atoms with van der Waals surface area (Å²) in [5.74, 6) is -0.398. The minimum Gasteiger partial charge on any atom is -0.336 e. The number of benzene rings is 1. The normalized spacial score (nSPS) is 11.7. The van der Waals surface area contributed by atoms with E-state index in [1.165, 1.54) is 0 Å². The Bertz CT molecular complexity index is 704. The van der Waals surface area contributed by atoms with Crippen molar-refractivity contribution in [2.24, 2.45) is 5.92 Å². The highest BCUT2D eigenvalue weighted by atomic mass is 35.5. The van der Waals surface area contributed by atoms with E-state index >= 15 is 0 Å². The van der Waals surface area contributed by atoms with Crippen LogP contribution in [0, 0.1) is 17.2 Å². The molecule has 0 aliphatic heterocycles. The minimum atomic E-state index is -0.213. The third-order valence-electron chi connectivity index (χ3n) is 3.29. The summed E-state index contributed by atoms with van der Waals surface area (Å²) in [6, 6.07) is 11.1. The average Bonchev–Trinajstić information content (AvgIpc) is 3.01. The van der Waals surface area contributed by atoms with Gasteiger partial charge in [-0.1, -0.05) is 23.7 Å². The fourth-order valence-corrected chi connectivity index (χ4v) is 2.32. The summed E-state index contributed by atoms with van der Waals surface area (Å²) in [5, 5.41) is 13.8. The lowest BCUT2D eigenvalue weighted by molar-refractivity contribution is 0.0746. The van der Waals surface area contributed by atoms with Gasteiger partial charge in [-0.05, 0) is 32.0 Å². The number of para-hydroxylation sites is 1. The van der Waals surface area contributed by atoms with Gasteiger partial charge < -0.3 is 4.90 Å². The predicted octanol–water partition coefficient (Wildman–Crippen LogP) is 3.15. The maximum absolute atomic E-state index is 12.5. The highest BCUT2D eigenvalue weighted by molar-refractivity contribution is 6.32. The van der Waals surface area contributed by atoms with Gasteiger partial charge in [-0.25, -0.2) is 4.68 Å². The first kappa shape index (κ1) is 16.1. The molecule has 1 heterocycles. The third kappa shape index (κ3) is 3.46. The number of hydrogen-bond donors (Lipinski definition) is 0. The molecule has 5 nitrogen and oxygen atoms in total. The molecule has 0 spiro atoms. The van der Waals surface area contributed by atoms with Crippen molar-refractivity contribution in [2.45, 2.75) is 13.8 Å². The van der Waals surface area contributed by atoms with E-state index in [-0.39, 0.29) is 11.8 Å². The van der Waals surface area contributed by atoms with Gasteiger partial charge in [-0.2, -0.15) is 10.4 Å². The van der Waals surface area contributed by atoms with E-state index in [4.69, 9.17) is 16.9 Å². The molecule has 0 aliphatic carbocycles. The molecule has 2 aromatic rings. The number of amides is 1. The lowest BCUT2D eigenvalue weighted by atomic mass is 10.2. The zero-order valence-electron chi connectivity index (χ0n) is 12.5. The molecule has 0 N–H and O–H groups in total. The molecule has 0 saturated carbocycles. The number of hydrogen-bond acceptors (Lipinski definition) is 3. The average molecular weight is 317 g/mol. The molecule has 0 saturated heterocycles. The zero-order chi connectivity index (χ0) is 16.1. The Morgan fingerprint density at radius 1 is 1.45 bits per heavy atom. The molecule has 22 heavy (non-hydrogen) atoms. The molecule has 0 fully saturated rings. The van der Waals surface area contributed by atoms with E-state index in [9.17, 15) is 4.79 Å². The molecule has 0 radical (unpaired) electrons. The molecule has 2 rings (SSSR count). The van der Waals surface area contributed by atoms with Crippen LogP contribution < -0.4 is 0 Å². The molecule has 0 aliphatic rings. The van der Waals surface area contributed by atoms with Crippen LogP contribution in [0.1, 0.15) is 24.3 Å². The maximum atomic E-state index is 12.5. The van der Waals surface area contributed by atoms with Gasteiger partial charge in [0, 0.05) is 19.3 Å². The Labute approximate surface area is 134 Å². The maximum Gasteiger partial charge on any atom is 0.274 e. The predicted molar refractivity (Wildman–Crippen MR) is 84.9 cm³/mol. The van der Waals surface area contributed by atoms with Crippen LogP contribution >= 0.6 is 11.6 Å². The highest BCUT2D eigenvalue weighted by Crippen LogP contribution is 2.19. The third-order valence-corrected chi connectivity index (χ3v) is 3.61. The van der Waals surface area contributed by atoms with Crippen molar-refractivity contribution >= 4 is 17.5 Å². The quantitative estimate of drug-likeness (QED) is 0.851. The van der Waals surface area contributed by atoms with Gasteiger partial charge in [0.1, 0.15) is 0 Å². The number of carbonyl (C=O) groups is 1. The minimum absolute atomic E-state index is 0.185. The van der Waals surface area contributed by atoms with Crippen molar-refractivity contribution in [1.82, 2.24) is 14.7 Å². The smallest absolute Gasteiger partial charge is 0.274 e. The van der Waals surface area contributed by atoms with Crippen molar-refractivity contribution < 1.29 is 4.79 Å². The van der Waals surface area contributed by atoms with Gasteiger partial charge in [0.15, 0.2) is 5.69 Å². The summed E-state index contributed by atoms with van der Waals surface area (Å²) < 4.78 is 1.58. The second kappa shape index (κ2) is 7.10. The molecule has 114 valence electrons. The van der Waals surface area contributed by atoms with E-state index < -0.39 is 0 Å². The topological polar surface area (TPSA) is 61.9 Å². The van der Waals surface area contributed by atoms with E-state index in [0.29, 0.717) is 23.8 Å². The Hall–Kier alpha value is -2.32. The summed E-state index contributed by atoms with van der Waals surface area (Å²) >= 11 is 6.13. The number of aromatic nitrogens is 2. The van der Waals surface area contributed by atoms with E-state index in [1.807, 2.05) is 25.1 Å². The second-order valence-corrected chi connectivity index (χ2v) is 5.38. The lowest BCUT2D eigenvalue weighted by Gasteiger charge is -2.20. The zero-order valence-corrected chi connectivity index (χ0v) is 13.3. The van der Waals surface area contributed by atoms with E-state index in [1.54, 1.807) is 34.8 Å². The first-order valence-electron chi connectivity index (χ1n) is 7.06. The van der Waals surface area contributed by atoms with Crippen LogP contribution in [0.5, 0.6) is 0 Å². The highest BCUT2D eigenvalue weighted by Gasteiger charge is 2.19. The van der Waals surface area contributed by atoms with Crippen molar-refractivity contribution in [3.05, 3.63) is 47.2 Å². The standard InChI is InChI=1S/C16H17ClN4O/c1-3-20(11-12(2)10-18)16(22)14-8-9-21(19-14)15-7-5-4-6-13(15)17/h4-9,12H,3,11H2,1-2H3/t12-/m0/s1. The molecule has 1 atom stereocenters. The number of rotatable bonds is 5. The molecule has 1 amide bonds. The first-order valence-corrected chi connectivity index (χ1v) is 7.44. The summed E-state index contributed by atoms with van der Waals surface area (Å²) in [7, 11) is 0. The fraction of sp³-hybridized carbons (Fsp3) is 0.312. The largest absolute Gasteiger partial charge is 0.336 e. The fourth-order valence-electron chi connectivity index (χ4n) is 2.10. The van der Waals surface area contributed by atoms with Crippen LogP contribution in [0.25, 0.3) is 5.69 Å². The first-order chi connectivity index (χ1) is 10.6. The van der Waals surface area contributed by atoms with Gasteiger partial charge in [0.2, 0.25) is 0 Å². The van der Waals surface area contributed by atoms with Crippen LogP contribution in [0.15, 0.2) is 36.5 Å². The van der Waals surface area contributed by atoms with Crippen molar-refractivity contribution in [1.29, 1.82) is 5.26 Å². The number of carbonyl (C=O) groups excluding carboxylic acids is 1. The van der Waals surface area contributed by atoms with Crippen LogP contribution in [-0.2, 0) is 0 Å². The van der Waals surface area contributed by atoms with Crippen LogP contribution in [0.4, 0.5) is 0 Å². The summed E-state index contributed by atoms with van der Waals surface area (Å²) in [5.41, 5.74) is 1.06. The molecule has 1 aromatic carbocycles. The van der Waals surface area contributed by atoms with Crippen LogP contribution in [0.2, 0.25) is 5.02 Å². The summed E-state index contributed by atoms with van der Waals surface area (Å²) in [4.78, 5) is 14.1. The van der Waals surface area contributed by atoms with Gasteiger partial charge in [-0.15, -0.1) is 0 Å². The Balaban J connectivity index is 2.22. The second-order valence-electron chi connectivity index (χ2n) is 4.97. The molecule has 6 heteroatoms. The number of nitrogens with zero attached hydrogens (tertiary/aromatic N) is 4. The summed E-state index contributed by atoms with van der Waals surface area (Å²) in [6.07, 6.45) is 1.70. The van der Waals surface area contributed by atoms with E-state index in [0.717, 1.165) is 5.69 Å². The number of halogens is 1.